The highest BCUT2D eigenvalue weighted by Crippen LogP contribution is 2.47. The average molecular weight is 387 g/mol. The molecule has 0 bridgehead atoms. The normalized spacial score (nSPS) is 22.7. The fraction of sp³-hybridized carbons (Fsp3) is 0.654. The quantitative estimate of drug-likeness (QED) is 0.206. The van der Waals surface area contributed by atoms with Gasteiger partial charge < -0.3 is 4.74 Å². The third kappa shape index (κ3) is 8.20. The van der Waals surface area contributed by atoms with Crippen LogP contribution in [0.3, 0.4) is 0 Å². The summed E-state index contributed by atoms with van der Waals surface area (Å²) in [6, 6.07) is 0. The lowest BCUT2D eigenvalue weighted by Crippen LogP contribution is -2.42. The van der Waals surface area contributed by atoms with Crippen molar-refractivity contribution in [3.8, 4) is 0 Å². The first kappa shape index (κ1) is 24.5. The molecule has 0 heterocycles. The smallest absolute Gasteiger partial charge is 0.293 e. The van der Waals surface area contributed by atoms with E-state index >= 15 is 0 Å². The summed E-state index contributed by atoms with van der Waals surface area (Å²) in [6.45, 7) is 18.2. The van der Waals surface area contributed by atoms with Crippen molar-refractivity contribution < 1.29 is 9.53 Å². The van der Waals surface area contributed by atoms with Crippen molar-refractivity contribution in [2.24, 2.45) is 11.3 Å². The minimum absolute atomic E-state index is 0.00392. The Morgan fingerprint density at radius 2 is 1.64 bits per heavy atom. The Morgan fingerprint density at radius 3 is 2.21 bits per heavy atom. The van der Waals surface area contributed by atoms with E-state index in [1.54, 1.807) is 0 Å². The fourth-order valence-electron chi connectivity index (χ4n) is 4.32. The number of allylic oxidation sites excluding steroid dienone is 7. The van der Waals surface area contributed by atoms with Crippen molar-refractivity contribution in [1.82, 2.24) is 0 Å². The molecule has 1 rings (SSSR count). The zero-order valence-corrected chi connectivity index (χ0v) is 19.1. The maximum atomic E-state index is 10.8. The Hall–Kier alpha value is -1.57. The molecule has 0 amide bonds. The molecule has 0 aromatic heterocycles. The van der Waals surface area contributed by atoms with E-state index in [-0.39, 0.29) is 11.5 Å². The first-order valence-corrected chi connectivity index (χ1v) is 10.9. The Morgan fingerprint density at radius 1 is 1.04 bits per heavy atom. The molecular weight excluding hydrogens is 344 g/mol. The fourth-order valence-corrected chi connectivity index (χ4v) is 4.32. The molecular formula is C26H42O2. The molecule has 0 spiro atoms. The summed E-state index contributed by atoms with van der Waals surface area (Å²) in [5, 5.41) is 0. The highest BCUT2D eigenvalue weighted by atomic mass is 16.5. The lowest BCUT2D eigenvalue weighted by Gasteiger charge is -2.45. The van der Waals surface area contributed by atoms with Crippen molar-refractivity contribution in [3.63, 3.8) is 0 Å². The topological polar surface area (TPSA) is 26.3 Å². The van der Waals surface area contributed by atoms with Gasteiger partial charge in [0.25, 0.3) is 6.47 Å². The van der Waals surface area contributed by atoms with Crippen LogP contribution < -0.4 is 0 Å². The first-order valence-electron chi connectivity index (χ1n) is 10.9. The molecule has 0 N–H and O–H groups in total. The van der Waals surface area contributed by atoms with Gasteiger partial charge in [-0.3, -0.25) is 4.79 Å². The van der Waals surface area contributed by atoms with E-state index in [2.05, 4.69) is 66.3 Å². The van der Waals surface area contributed by atoms with Crippen molar-refractivity contribution in [1.29, 1.82) is 0 Å². The molecule has 1 saturated carbocycles. The standard InChI is InChI=1S/C26H42O2/c1-20(2)11-10-14-21(3)12-8-9-13-22(4)15-17-24-23(5)16-18-25(28-19-27)26(24,6)7/h11-13,19,24-25H,5,8-10,14-18H2,1-4,6-7H3/b21-12+,22-13+/t24-,25+/m1/s1. The van der Waals surface area contributed by atoms with Gasteiger partial charge in [0, 0.05) is 5.41 Å². The van der Waals surface area contributed by atoms with Gasteiger partial charge >= 0.3 is 0 Å². The second-order valence-electron chi connectivity index (χ2n) is 9.33. The number of hydrogen-bond acceptors (Lipinski definition) is 2. The Bertz CT molecular complexity index is 600. The van der Waals surface area contributed by atoms with Crippen LogP contribution in [-0.4, -0.2) is 12.6 Å². The molecule has 0 saturated heterocycles. The summed E-state index contributed by atoms with van der Waals surface area (Å²) < 4.78 is 5.38. The monoisotopic (exact) mass is 386 g/mol. The number of rotatable bonds is 11. The van der Waals surface area contributed by atoms with Gasteiger partial charge in [-0.05, 0) is 85.0 Å². The molecule has 0 unspecified atom stereocenters. The van der Waals surface area contributed by atoms with Gasteiger partial charge in [-0.25, -0.2) is 0 Å². The lowest BCUT2D eigenvalue weighted by atomic mass is 9.63. The van der Waals surface area contributed by atoms with E-state index in [1.807, 2.05) is 0 Å². The van der Waals surface area contributed by atoms with E-state index in [0.29, 0.717) is 12.4 Å². The van der Waals surface area contributed by atoms with Gasteiger partial charge in [-0.1, -0.05) is 60.9 Å². The second-order valence-corrected chi connectivity index (χ2v) is 9.33. The van der Waals surface area contributed by atoms with Crippen LogP contribution in [0.4, 0.5) is 0 Å². The van der Waals surface area contributed by atoms with Crippen LogP contribution >= 0.6 is 0 Å². The maximum Gasteiger partial charge on any atom is 0.293 e. The molecule has 2 nitrogen and oxygen atoms in total. The largest absolute Gasteiger partial charge is 0.464 e. The van der Waals surface area contributed by atoms with E-state index in [4.69, 9.17) is 4.74 Å². The van der Waals surface area contributed by atoms with Crippen LogP contribution in [0.1, 0.15) is 92.9 Å². The summed E-state index contributed by atoms with van der Waals surface area (Å²) in [6.07, 6.45) is 15.7. The third-order valence-corrected chi connectivity index (χ3v) is 6.24. The van der Waals surface area contributed by atoms with Crippen molar-refractivity contribution >= 4 is 6.47 Å². The van der Waals surface area contributed by atoms with Gasteiger partial charge in [0.1, 0.15) is 6.10 Å². The number of carbonyl (C=O) groups is 1. The van der Waals surface area contributed by atoms with E-state index in [0.717, 1.165) is 51.4 Å². The predicted octanol–water partition coefficient (Wildman–Crippen LogP) is 7.72. The molecule has 0 aromatic carbocycles. The first-order chi connectivity index (χ1) is 13.2. The van der Waals surface area contributed by atoms with E-state index in [9.17, 15) is 4.79 Å². The van der Waals surface area contributed by atoms with Gasteiger partial charge in [-0.15, -0.1) is 0 Å². The van der Waals surface area contributed by atoms with E-state index in [1.165, 1.54) is 22.3 Å². The molecule has 1 aliphatic rings. The van der Waals surface area contributed by atoms with E-state index < -0.39 is 0 Å². The zero-order chi connectivity index (χ0) is 21.2. The number of carbonyl (C=O) groups excluding carboxylic acids is 1. The Labute approximate surface area is 173 Å². The highest BCUT2D eigenvalue weighted by Gasteiger charge is 2.43. The Kier molecular flexibility index (Phi) is 10.6. The minimum Gasteiger partial charge on any atom is -0.464 e. The summed E-state index contributed by atoms with van der Waals surface area (Å²) in [7, 11) is 0. The van der Waals surface area contributed by atoms with Crippen LogP contribution in [0.25, 0.3) is 0 Å². The van der Waals surface area contributed by atoms with Gasteiger partial charge in [0.2, 0.25) is 0 Å². The maximum absolute atomic E-state index is 10.8. The van der Waals surface area contributed by atoms with Crippen LogP contribution in [0.5, 0.6) is 0 Å². The molecule has 2 atom stereocenters. The number of ether oxygens (including phenoxy) is 1. The predicted molar refractivity (Wildman–Crippen MR) is 121 cm³/mol. The summed E-state index contributed by atoms with van der Waals surface area (Å²) in [5.74, 6) is 0.409. The van der Waals surface area contributed by atoms with Gasteiger partial charge in [0.15, 0.2) is 0 Å². The molecule has 0 aromatic rings. The Balaban J connectivity index is 2.47. The van der Waals surface area contributed by atoms with Gasteiger partial charge in [0.05, 0.1) is 0 Å². The molecule has 0 radical (unpaired) electrons. The molecule has 0 aliphatic heterocycles. The molecule has 1 aliphatic carbocycles. The highest BCUT2D eigenvalue weighted by molar-refractivity contribution is 5.38. The van der Waals surface area contributed by atoms with Crippen LogP contribution in [-0.2, 0) is 9.53 Å². The van der Waals surface area contributed by atoms with Crippen LogP contribution in [0.2, 0.25) is 0 Å². The molecule has 28 heavy (non-hydrogen) atoms. The van der Waals surface area contributed by atoms with Crippen molar-refractivity contribution in [2.75, 3.05) is 0 Å². The van der Waals surface area contributed by atoms with Crippen LogP contribution in [0.15, 0.2) is 47.1 Å². The van der Waals surface area contributed by atoms with Crippen LogP contribution in [0, 0.1) is 11.3 Å². The zero-order valence-electron chi connectivity index (χ0n) is 19.1. The average Bonchev–Trinajstić information content (AvgIpc) is 2.60. The summed E-state index contributed by atoms with van der Waals surface area (Å²) >= 11 is 0. The minimum atomic E-state index is -0.0400. The molecule has 1 fully saturated rings. The third-order valence-electron chi connectivity index (χ3n) is 6.24. The summed E-state index contributed by atoms with van der Waals surface area (Å²) in [5.41, 5.74) is 5.63. The lowest BCUT2D eigenvalue weighted by molar-refractivity contribution is -0.143. The molecule has 158 valence electrons. The number of unbranched alkanes of at least 4 members (excludes halogenated alkanes) is 1. The van der Waals surface area contributed by atoms with Gasteiger partial charge in [-0.2, -0.15) is 0 Å². The SMILES string of the molecule is C=C1CC[C@H](OC=O)C(C)(C)[C@@H]1CC/C(C)=C/CC/C=C(\C)CCC=C(C)C. The molecule has 2 heteroatoms. The summed E-state index contributed by atoms with van der Waals surface area (Å²) in [4.78, 5) is 10.8. The van der Waals surface area contributed by atoms with Crippen molar-refractivity contribution in [3.05, 3.63) is 47.1 Å². The second kappa shape index (κ2) is 12.1. The van der Waals surface area contributed by atoms with Crippen molar-refractivity contribution in [2.45, 2.75) is 99.0 Å². The number of hydrogen-bond donors (Lipinski definition) is 0.